The Balaban J connectivity index is 0.00000133. The van der Waals surface area contributed by atoms with Gasteiger partial charge in [-0.05, 0) is 26.6 Å². The van der Waals surface area contributed by atoms with Gasteiger partial charge in [0, 0.05) is 38.2 Å². The van der Waals surface area contributed by atoms with Crippen LogP contribution in [0.2, 0.25) is 0 Å². The summed E-state index contributed by atoms with van der Waals surface area (Å²) >= 11 is 0. The van der Waals surface area contributed by atoms with Gasteiger partial charge >= 0.3 is 0 Å². The normalized spacial score (nSPS) is 17.6. The van der Waals surface area contributed by atoms with Crippen LogP contribution < -0.4 is 0 Å². The first-order chi connectivity index (χ1) is 8.70. The van der Waals surface area contributed by atoms with E-state index in [0.29, 0.717) is 12.0 Å². The molecule has 0 bridgehead atoms. The van der Waals surface area contributed by atoms with Crippen molar-refractivity contribution in [2.45, 2.75) is 18.9 Å². The van der Waals surface area contributed by atoms with E-state index in [1.165, 1.54) is 22.3 Å². The standard InChI is InChI=1S/C17H18N.Zr/c1-12(18(2)3)17-15-10-6-4-8-13(15)14-9-5-7-11-16(14)17;/h4-10,12,17H,1-3H3;/q-1;. The molecule has 0 saturated carbocycles. The largest absolute Gasteiger partial charge is 0.306 e. The van der Waals surface area contributed by atoms with Crippen LogP contribution >= 0.6 is 0 Å². The topological polar surface area (TPSA) is 3.24 Å². The van der Waals surface area contributed by atoms with Crippen molar-refractivity contribution in [2.24, 2.45) is 0 Å². The van der Waals surface area contributed by atoms with Crippen LogP contribution in [0, 0.1) is 6.07 Å². The van der Waals surface area contributed by atoms with E-state index >= 15 is 0 Å². The van der Waals surface area contributed by atoms with E-state index in [-0.39, 0.29) is 26.2 Å². The molecule has 0 spiro atoms. The Hall–Kier alpha value is -0.717. The van der Waals surface area contributed by atoms with E-state index in [1.54, 1.807) is 0 Å². The molecular weight excluding hydrogens is 309 g/mol. The Bertz CT molecular complexity index is 531. The van der Waals surface area contributed by atoms with Gasteiger partial charge in [0.25, 0.3) is 0 Å². The third kappa shape index (κ3) is 2.37. The second-order valence-electron chi connectivity index (χ2n) is 5.27. The molecule has 2 aromatic rings. The first-order valence-electron chi connectivity index (χ1n) is 6.46. The van der Waals surface area contributed by atoms with Gasteiger partial charge in [-0.15, -0.1) is 11.1 Å². The SMILES string of the molecule is CC(C1c2[c-]cccc2-c2ccccc21)N(C)C.[Zr]. The molecular formula is C17H18NZr-. The van der Waals surface area contributed by atoms with Gasteiger partial charge in [0.1, 0.15) is 0 Å². The summed E-state index contributed by atoms with van der Waals surface area (Å²) < 4.78 is 0. The van der Waals surface area contributed by atoms with Crippen molar-refractivity contribution >= 4 is 0 Å². The van der Waals surface area contributed by atoms with Crippen LogP contribution in [0.4, 0.5) is 0 Å². The summed E-state index contributed by atoms with van der Waals surface area (Å²) in [6.45, 7) is 2.29. The van der Waals surface area contributed by atoms with E-state index in [1.807, 2.05) is 6.07 Å². The van der Waals surface area contributed by atoms with E-state index in [2.05, 4.69) is 68.4 Å². The average Bonchev–Trinajstić information content (AvgIpc) is 2.72. The summed E-state index contributed by atoms with van der Waals surface area (Å²) in [4.78, 5) is 2.29. The summed E-state index contributed by atoms with van der Waals surface area (Å²) in [5.41, 5.74) is 5.52. The minimum absolute atomic E-state index is 0. The smallest absolute Gasteiger partial charge is 0.0150 e. The number of hydrogen-bond acceptors (Lipinski definition) is 1. The van der Waals surface area contributed by atoms with Gasteiger partial charge in [0.05, 0.1) is 0 Å². The van der Waals surface area contributed by atoms with Gasteiger partial charge < -0.3 is 4.90 Å². The molecule has 0 radical (unpaired) electrons. The van der Waals surface area contributed by atoms with Gasteiger partial charge in [-0.25, -0.2) is 0 Å². The van der Waals surface area contributed by atoms with Crippen molar-refractivity contribution in [3.05, 3.63) is 59.7 Å². The molecule has 0 saturated heterocycles. The molecule has 0 fully saturated rings. The number of likely N-dealkylation sites (N-methyl/N-ethyl adjacent to an activating group) is 1. The van der Waals surface area contributed by atoms with Crippen LogP contribution in [0.15, 0.2) is 42.5 Å². The monoisotopic (exact) mass is 326 g/mol. The van der Waals surface area contributed by atoms with Crippen molar-refractivity contribution in [3.8, 4) is 11.1 Å². The third-order valence-electron chi connectivity index (χ3n) is 4.08. The molecule has 19 heavy (non-hydrogen) atoms. The van der Waals surface area contributed by atoms with Crippen molar-refractivity contribution < 1.29 is 26.2 Å². The first-order valence-corrected chi connectivity index (χ1v) is 6.46. The van der Waals surface area contributed by atoms with Crippen LogP contribution in [-0.4, -0.2) is 25.0 Å². The molecule has 0 N–H and O–H groups in total. The molecule has 2 heteroatoms. The number of nitrogens with zero attached hydrogens (tertiary/aromatic N) is 1. The summed E-state index contributed by atoms with van der Waals surface area (Å²) in [5, 5.41) is 0. The van der Waals surface area contributed by atoms with Crippen molar-refractivity contribution in [3.63, 3.8) is 0 Å². The Labute approximate surface area is 134 Å². The second kappa shape index (κ2) is 5.73. The van der Waals surface area contributed by atoms with Gasteiger partial charge in [0.2, 0.25) is 0 Å². The summed E-state index contributed by atoms with van der Waals surface area (Å²) in [5.74, 6) is 0.437. The van der Waals surface area contributed by atoms with Crippen LogP contribution in [0.1, 0.15) is 24.0 Å². The molecule has 2 atom stereocenters. The fraction of sp³-hybridized carbons (Fsp3) is 0.294. The first kappa shape index (κ1) is 14.7. The van der Waals surface area contributed by atoms with Crippen LogP contribution in [-0.2, 0) is 26.2 Å². The maximum Gasteiger partial charge on any atom is 0.0150 e. The molecule has 2 unspecified atom stereocenters. The summed E-state index contributed by atoms with van der Waals surface area (Å²) in [6, 6.07) is 19.0. The minimum Gasteiger partial charge on any atom is -0.306 e. The molecule has 3 rings (SSSR count). The third-order valence-corrected chi connectivity index (χ3v) is 4.08. The van der Waals surface area contributed by atoms with Crippen LogP contribution in [0.3, 0.4) is 0 Å². The zero-order valence-electron chi connectivity index (χ0n) is 11.6. The van der Waals surface area contributed by atoms with Crippen molar-refractivity contribution in [1.29, 1.82) is 0 Å². The number of fused-ring (bicyclic) bond motifs is 3. The summed E-state index contributed by atoms with van der Waals surface area (Å²) in [7, 11) is 4.29. The molecule has 96 valence electrons. The molecule has 0 amide bonds. The van der Waals surface area contributed by atoms with Gasteiger partial charge in [0.15, 0.2) is 0 Å². The Morgan fingerprint density at radius 2 is 1.74 bits per heavy atom. The molecule has 0 aromatic heterocycles. The maximum absolute atomic E-state index is 3.46. The molecule has 1 aliphatic rings. The molecule has 1 aliphatic carbocycles. The predicted octanol–water partition coefficient (Wildman–Crippen LogP) is 3.55. The average molecular weight is 328 g/mol. The second-order valence-corrected chi connectivity index (χ2v) is 5.27. The van der Waals surface area contributed by atoms with Crippen LogP contribution in [0.25, 0.3) is 11.1 Å². The Morgan fingerprint density at radius 1 is 1.05 bits per heavy atom. The van der Waals surface area contributed by atoms with Crippen LogP contribution in [0.5, 0.6) is 0 Å². The van der Waals surface area contributed by atoms with Crippen molar-refractivity contribution in [2.75, 3.05) is 14.1 Å². The quantitative estimate of drug-likeness (QED) is 0.763. The fourth-order valence-corrected chi connectivity index (χ4v) is 2.91. The maximum atomic E-state index is 3.46. The predicted molar refractivity (Wildman–Crippen MR) is 75.7 cm³/mol. The Kier molecular flexibility index (Phi) is 4.43. The van der Waals surface area contributed by atoms with E-state index in [9.17, 15) is 0 Å². The zero-order valence-corrected chi connectivity index (χ0v) is 14.1. The minimum atomic E-state index is 0. The molecule has 2 aromatic carbocycles. The fourth-order valence-electron chi connectivity index (χ4n) is 2.91. The molecule has 1 nitrogen and oxygen atoms in total. The molecule has 0 heterocycles. The van der Waals surface area contributed by atoms with E-state index < -0.39 is 0 Å². The number of benzene rings is 2. The zero-order chi connectivity index (χ0) is 12.7. The summed E-state index contributed by atoms with van der Waals surface area (Å²) in [6.07, 6.45) is 0. The molecule has 0 aliphatic heterocycles. The van der Waals surface area contributed by atoms with Gasteiger partial charge in [-0.2, -0.15) is 24.3 Å². The van der Waals surface area contributed by atoms with E-state index in [0.717, 1.165) is 0 Å². The van der Waals surface area contributed by atoms with Gasteiger partial charge in [-0.1, -0.05) is 29.8 Å². The number of rotatable bonds is 2. The number of hydrogen-bond donors (Lipinski definition) is 0. The van der Waals surface area contributed by atoms with Gasteiger partial charge in [-0.3, -0.25) is 0 Å². The van der Waals surface area contributed by atoms with Crippen molar-refractivity contribution in [1.82, 2.24) is 4.90 Å². The Morgan fingerprint density at radius 3 is 2.47 bits per heavy atom. The van der Waals surface area contributed by atoms with E-state index in [4.69, 9.17) is 0 Å².